The molecular formula is C22H24N2O2. The van der Waals surface area contributed by atoms with Crippen LogP contribution in [0, 0.1) is 5.21 Å². The van der Waals surface area contributed by atoms with Gasteiger partial charge >= 0.3 is 0 Å². The Morgan fingerprint density at radius 3 is 2.73 bits per heavy atom. The first-order valence-electron chi connectivity index (χ1n) is 9.63. The zero-order valence-electron chi connectivity index (χ0n) is 15.0. The summed E-state index contributed by atoms with van der Waals surface area (Å²) in [5, 5.41) is 12.5. The molecule has 0 aliphatic carbocycles. The minimum absolute atomic E-state index is 0.196. The van der Waals surface area contributed by atoms with Gasteiger partial charge in [0.05, 0.1) is 5.57 Å². The Labute approximate surface area is 154 Å². The van der Waals surface area contributed by atoms with Crippen molar-refractivity contribution in [2.24, 2.45) is 0 Å². The molecule has 134 valence electrons. The first-order chi connectivity index (χ1) is 12.8. The van der Waals surface area contributed by atoms with E-state index >= 15 is 0 Å². The fourth-order valence-corrected chi connectivity index (χ4v) is 4.48. The van der Waals surface area contributed by atoms with Crippen LogP contribution in [0.2, 0.25) is 0 Å². The zero-order valence-corrected chi connectivity index (χ0v) is 15.0. The summed E-state index contributed by atoms with van der Waals surface area (Å²) in [6, 6.07) is 14.6. The monoisotopic (exact) mass is 348 g/mol. The molecular weight excluding hydrogens is 324 g/mol. The Kier molecular flexibility index (Phi) is 4.04. The molecule has 1 saturated heterocycles. The Balaban J connectivity index is 1.46. The Hall–Kier alpha value is -2.14. The summed E-state index contributed by atoms with van der Waals surface area (Å²) in [4.78, 5) is 2.55. The quantitative estimate of drug-likeness (QED) is 0.848. The molecule has 4 nitrogen and oxygen atoms in total. The molecule has 1 unspecified atom stereocenters. The molecule has 0 radical (unpaired) electrons. The fourth-order valence-electron chi connectivity index (χ4n) is 4.48. The number of hydroxylamine groups is 1. The fraction of sp³-hybridized carbons (Fsp3) is 0.364. The van der Waals surface area contributed by atoms with Crippen molar-refractivity contribution in [2.75, 3.05) is 19.6 Å². The Bertz CT molecular complexity index is 868. The maximum absolute atomic E-state index is 12.3. The van der Waals surface area contributed by atoms with E-state index < -0.39 is 0 Å². The van der Waals surface area contributed by atoms with Crippen molar-refractivity contribution in [1.29, 1.82) is 0 Å². The molecule has 3 aliphatic rings. The highest BCUT2D eigenvalue weighted by molar-refractivity contribution is 5.94. The average Bonchev–Trinajstić information content (AvgIpc) is 3.24. The van der Waals surface area contributed by atoms with Crippen LogP contribution >= 0.6 is 0 Å². The predicted octanol–water partition coefficient (Wildman–Crippen LogP) is 3.10. The number of nitrogens with zero attached hydrogens (tertiary/aromatic N) is 1. The van der Waals surface area contributed by atoms with Crippen molar-refractivity contribution in [3.05, 3.63) is 69.9 Å². The van der Waals surface area contributed by atoms with E-state index in [2.05, 4.69) is 23.1 Å². The van der Waals surface area contributed by atoms with Crippen molar-refractivity contribution in [3.63, 3.8) is 0 Å². The number of rotatable bonds is 2. The van der Waals surface area contributed by atoms with Crippen molar-refractivity contribution in [3.8, 4) is 0 Å². The van der Waals surface area contributed by atoms with Gasteiger partial charge in [0.25, 0.3) is 0 Å². The molecule has 1 fully saturated rings. The lowest BCUT2D eigenvalue weighted by molar-refractivity contribution is -0.762. The van der Waals surface area contributed by atoms with Gasteiger partial charge in [-0.25, -0.2) is 0 Å². The second-order valence-corrected chi connectivity index (χ2v) is 7.57. The summed E-state index contributed by atoms with van der Waals surface area (Å²) in [5.41, 5.74) is 6.69. The van der Waals surface area contributed by atoms with Gasteiger partial charge in [-0.1, -0.05) is 36.8 Å². The van der Waals surface area contributed by atoms with Gasteiger partial charge in [-0.3, -0.25) is 4.90 Å². The van der Waals surface area contributed by atoms with E-state index in [4.69, 9.17) is 4.74 Å². The van der Waals surface area contributed by atoms with Crippen molar-refractivity contribution >= 4 is 17.0 Å². The molecule has 2 aromatic carbocycles. The van der Waals surface area contributed by atoms with E-state index in [-0.39, 0.29) is 5.06 Å². The van der Waals surface area contributed by atoms with Gasteiger partial charge in [0, 0.05) is 23.2 Å². The van der Waals surface area contributed by atoms with Crippen molar-refractivity contribution in [1.82, 2.24) is 4.90 Å². The van der Waals surface area contributed by atoms with Gasteiger partial charge in [-0.05, 0) is 43.6 Å². The average molecular weight is 348 g/mol. The molecule has 3 heterocycles. The van der Waals surface area contributed by atoms with Gasteiger partial charge in [0.15, 0.2) is 0 Å². The molecule has 1 atom stereocenters. The van der Waals surface area contributed by atoms with Crippen LogP contribution in [0.4, 0.5) is 5.69 Å². The molecule has 0 amide bonds. The zero-order chi connectivity index (χ0) is 17.5. The lowest BCUT2D eigenvalue weighted by atomic mass is 9.99. The van der Waals surface area contributed by atoms with E-state index in [1.807, 2.05) is 24.3 Å². The summed E-state index contributed by atoms with van der Waals surface area (Å²) in [6.07, 6.45) is 4.00. The van der Waals surface area contributed by atoms with Crippen LogP contribution in [0.3, 0.4) is 0 Å². The largest absolute Gasteiger partial charge is 0.629 e. The third kappa shape index (κ3) is 2.75. The molecule has 1 N–H and O–H groups in total. The van der Waals surface area contributed by atoms with Crippen LogP contribution < -0.4 is 5.06 Å². The molecule has 0 saturated carbocycles. The van der Waals surface area contributed by atoms with E-state index in [1.54, 1.807) is 0 Å². The van der Waals surface area contributed by atoms with E-state index in [0.717, 1.165) is 34.7 Å². The predicted molar refractivity (Wildman–Crippen MR) is 102 cm³/mol. The van der Waals surface area contributed by atoms with Gasteiger partial charge in [0.1, 0.15) is 24.6 Å². The number of piperidine rings is 1. The van der Waals surface area contributed by atoms with Crippen LogP contribution in [0.25, 0.3) is 11.3 Å². The van der Waals surface area contributed by atoms with Gasteiger partial charge in [-0.2, -0.15) is 0 Å². The lowest BCUT2D eigenvalue weighted by Crippen LogP contribution is -3.00. The number of hydrogen-bond donors (Lipinski definition) is 1. The molecule has 0 spiro atoms. The number of likely N-dealkylation sites (tertiary alicyclic amines) is 1. The molecule has 0 bridgehead atoms. The van der Waals surface area contributed by atoms with Crippen LogP contribution in [-0.4, -0.2) is 24.5 Å². The van der Waals surface area contributed by atoms with Crippen molar-refractivity contribution in [2.45, 2.75) is 32.4 Å². The van der Waals surface area contributed by atoms with Crippen LogP contribution in [0.5, 0.6) is 0 Å². The molecule has 0 aromatic heterocycles. The minimum Gasteiger partial charge on any atom is -0.629 e. The summed E-state index contributed by atoms with van der Waals surface area (Å²) < 4.78 is 6.07. The van der Waals surface area contributed by atoms with Crippen LogP contribution in [0.1, 0.15) is 41.5 Å². The second kappa shape index (κ2) is 6.54. The number of benzene rings is 2. The summed E-state index contributed by atoms with van der Waals surface area (Å²) >= 11 is 0. The lowest BCUT2D eigenvalue weighted by Gasteiger charge is -2.26. The maximum Gasteiger partial charge on any atom is 0.139 e. The molecule has 26 heavy (non-hydrogen) atoms. The Morgan fingerprint density at radius 2 is 1.85 bits per heavy atom. The number of ether oxygens (including phenoxy) is 1. The highest BCUT2D eigenvalue weighted by atomic mass is 16.5. The first kappa shape index (κ1) is 16.1. The molecule has 3 aliphatic heterocycles. The SMILES string of the molecule is [O-][NH+]1CC(=C2OCc3cc(CN4CCCCC4)ccc32)c2ccccc21. The third-order valence-electron chi connectivity index (χ3n) is 5.81. The number of nitrogens with one attached hydrogen (secondary N) is 1. The van der Waals surface area contributed by atoms with Crippen LogP contribution in [-0.2, 0) is 17.9 Å². The molecule has 4 heteroatoms. The Morgan fingerprint density at radius 1 is 1.00 bits per heavy atom. The molecule has 2 aromatic rings. The number of hydrogen-bond acceptors (Lipinski definition) is 3. The van der Waals surface area contributed by atoms with Gasteiger partial charge < -0.3 is 15.0 Å². The standard InChI is InChI=1S/C22H24N2O2/c25-24-14-20(19-6-2-3-7-21(19)24)22-18-9-8-16(12-17(18)15-26-22)13-23-10-4-1-5-11-23/h2-3,6-9,12,24H,1,4-5,10-11,13-15H2. The summed E-state index contributed by atoms with van der Waals surface area (Å²) in [5.74, 6) is 0.905. The number of quaternary nitrogens is 1. The van der Waals surface area contributed by atoms with Crippen LogP contribution in [0.15, 0.2) is 42.5 Å². The third-order valence-corrected chi connectivity index (χ3v) is 5.81. The number of fused-ring (bicyclic) bond motifs is 2. The topological polar surface area (TPSA) is 40.0 Å². The minimum atomic E-state index is 0.196. The highest BCUT2D eigenvalue weighted by Gasteiger charge is 2.31. The smallest absolute Gasteiger partial charge is 0.139 e. The van der Waals surface area contributed by atoms with E-state index in [0.29, 0.717) is 13.2 Å². The number of para-hydroxylation sites is 1. The summed E-state index contributed by atoms with van der Waals surface area (Å²) in [6.45, 7) is 4.51. The molecule has 5 rings (SSSR count). The second-order valence-electron chi connectivity index (χ2n) is 7.57. The normalized spacial score (nSPS) is 25.0. The first-order valence-corrected chi connectivity index (χ1v) is 9.63. The summed E-state index contributed by atoms with van der Waals surface area (Å²) in [7, 11) is 0. The maximum atomic E-state index is 12.3. The van der Waals surface area contributed by atoms with Crippen molar-refractivity contribution < 1.29 is 9.80 Å². The van der Waals surface area contributed by atoms with E-state index in [1.165, 1.54) is 43.5 Å². The van der Waals surface area contributed by atoms with Gasteiger partial charge in [0.2, 0.25) is 0 Å². The van der Waals surface area contributed by atoms with Gasteiger partial charge in [-0.15, -0.1) is 0 Å². The van der Waals surface area contributed by atoms with E-state index in [9.17, 15) is 5.21 Å². The highest BCUT2D eigenvalue weighted by Crippen LogP contribution is 2.39.